The van der Waals surface area contributed by atoms with Gasteiger partial charge in [0.25, 0.3) is 0 Å². The second kappa shape index (κ2) is 5.26. The summed E-state index contributed by atoms with van der Waals surface area (Å²) in [7, 11) is 0. The van der Waals surface area contributed by atoms with Crippen molar-refractivity contribution < 1.29 is 5.11 Å². The first-order valence-electron chi connectivity index (χ1n) is 7.73. The Hall–Kier alpha value is -0.860. The summed E-state index contributed by atoms with van der Waals surface area (Å²) in [6, 6.07) is 8.78. The molecule has 1 aromatic rings. The molecule has 0 aromatic heterocycles. The Morgan fingerprint density at radius 2 is 2.16 bits per heavy atom. The fraction of sp³-hybridized carbons (Fsp3) is 0.647. The van der Waals surface area contributed by atoms with Crippen LogP contribution in [0.25, 0.3) is 0 Å². The molecule has 2 heteroatoms. The lowest BCUT2D eigenvalue weighted by molar-refractivity contribution is 0.0784. The van der Waals surface area contributed by atoms with E-state index >= 15 is 0 Å². The Labute approximate surface area is 116 Å². The largest absolute Gasteiger partial charge is 0.392 e. The van der Waals surface area contributed by atoms with Gasteiger partial charge in [-0.05, 0) is 60.6 Å². The van der Waals surface area contributed by atoms with Gasteiger partial charge in [-0.15, -0.1) is 0 Å². The average molecular weight is 259 g/mol. The molecule has 2 aliphatic carbocycles. The summed E-state index contributed by atoms with van der Waals surface area (Å²) in [4.78, 5) is 0. The highest BCUT2D eigenvalue weighted by Gasteiger charge is 2.57. The SMILES string of the molecule is CCCC(CN)C(O)C1C2CCc3ccccc3C21. The van der Waals surface area contributed by atoms with Crippen LogP contribution in [0.1, 0.15) is 43.2 Å². The average Bonchev–Trinajstić information content (AvgIpc) is 3.19. The van der Waals surface area contributed by atoms with E-state index in [0.29, 0.717) is 24.3 Å². The van der Waals surface area contributed by atoms with Crippen LogP contribution in [0.15, 0.2) is 24.3 Å². The van der Waals surface area contributed by atoms with Gasteiger partial charge in [0.15, 0.2) is 0 Å². The lowest BCUT2D eigenvalue weighted by atomic mass is 9.91. The van der Waals surface area contributed by atoms with Crippen LogP contribution in [-0.2, 0) is 6.42 Å². The zero-order valence-electron chi connectivity index (χ0n) is 11.8. The van der Waals surface area contributed by atoms with E-state index in [2.05, 4.69) is 31.2 Å². The minimum Gasteiger partial charge on any atom is -0.392 e. The Morgan fingerprint density at radius 3 is 2.89 bits per heavy atom. The smallest absolute Gasteiger partial charge is 0.0617 e. The van der Waals surface area contributed by atoms with E-state index in [4.69, 9.17) is 5.73 Å². The van der Waals surface area contributed by atoms with Crippen LogP contribution in [0, 0.1) is 17.8 Å². The van der Waals surface area contributed by atoms with Crippen LogP contribution < -0.4 is 5.73 Å². The third-order valence-corrected chi connectivity index (χ3v) is 5.23. The number of fused-ring (bicyclic) bond motifs is 3. The molecule has 3 N–H and O–H groups in total. The normalized spacial score (nSPS) is 31.2. The van der Waals surface area contributed by atoms with Crippen LogP contribution in [0.3, 0.4) is 0 Å². The molecule has 5 atom stereocenters. The number of hydrogen-bond acceptors (Lipinski definition) is 2. The van der Waals surface area contributed by atoms with E-state index < -0.39 is 0 Å². The molecule has 104 valence electrons. The minimum absolute atomic E-state index is 0.203. The maximum absolute atomic E-state index is 10.7. The van der Waals surface area contributed by atoms with Crippen molar-refractivity contribution in [3.05, 3.63) is 35.4 Å². The molecule has 0 heterocycles. The zero-order chi connectivity index (χ0) is 13.4. The molecular weight excluding hydrogens is 234 g/mol. The first-order chi connectivity index (χ1) is 9.27. The summed E-state index contributed by atoms with van der Waals surface area (Å²) >= 11 is 0. The molecular formula is C17H25NO. The van der Waals surface area contributed by atoms with Crippen molar-refractivity contribution in [3.63, 3.8) is 0 Å². The molecule has 0 radical (unpaired) electrons. The van der Waals surface area contributed by atoms with Gasteiger partial charge in [-0.2, -0.15) is 0 Å². The monoisotopic (exact) mass is 259 g/mol. The maximum Gasteiger partial charge on any atom is 0.0617 e. The molecule has 2 nitrogen and oxygen atoms in total. The van der Waals surface area contributed by atoms with Crippen LogP contribution in [0.5, 0.6) is 0 Å². The Bertz CT molecular complexity index is 445. The predicted molar refractivity (Wildman–Crippen MR) is 77.9 cm³/mol. The van der Waals surface area contributed by atoms with Gasteiger partial charge in [-0.25, -0.2) is 0 Å². The molecule has 0 saturated heterocycles. The fourth-order valence-corrected chi connectivity index (χ4v) is 4.20. The van der Waals surface area contributed by atoms with Gasteiger partial charge in [0.05, 0.1) is 6.10 Å². The van der Waals surface area contributed by atoms with E-state index in [1.54, 1.807) is 0 Å². The molecule has 19 heavy (non-hydrogen) atoms. The predicted octanol–water partition coefficient (Wildman–Crippen LogP) is 2.70. The summed E-state index contributed by atoms with van der Waals surface area (Å²) in [5.74, 6) is 2.05. The second-order valence-electron chi connectivity index (χ2n) is 6.28. The van der Waals surface area contributed by atoms with Gasteiger partial charge in [-0.3, -0.25) is 0 Å². The number of benzene rings is 1. The molecule has 0 aliphatic heterocycles. The van der Waals surface area contributed by atoms with Gasteiger partial charge in [0.2, 0.25) is 0 Å². The van der Waals surface area contributed by atoms with Crippen molar-refractivity contribution in [3.8, 4) is 0 Å². The molecule has 0 bridgehead atoms. The van der Waals surface area contributed by atoms with E-state index in [1.165, 1.54) is 24.0 Å². The number of hydrogen-bond donors (Lipinski definition) is 2. The third-order valence-electron chi connectivity index (χ3n) is 5.23. The first-order valence-corrected chi connectivity index (χ1v) is 7.73. The summed E-state index contributed by atoms with van der Waals surface area (Å²) in [5.41, 5.74) is 8.84. The molecule has 3 rings (SSSR count). The Kier molecular flexibility index (Phi) is 3.64. The number of aliphatic hydroxyl groups excluding tert-OH is 1. The van der Waals surface area contributed by atoms with Gasteiger partial charge in [0.1, 0.15) is 0 Å². The van der Waals surface area contributed by atoms with Crippen LogP contribution in [0.4, 0.5) is 0 Å². The number of aliphatic hydroxyl groups is 1. The molecule has 1 aromatic carbocycles. The molecule has 0 spiro atoms. The Morgan fingerprint density at radius 1 is 1.37 bits per heavy atom. The van der Waals surface area contributed by atoms with Crippen LogP contribution >= 0.6 is 0 Å². The summed E-state index contributed by atoms with van der Waals surface area (Å²) < 4.78 is 0. The quantitative estimate of drug-likeness (QED) is 0.854. The standard InChI is InChI=1S/C17H25NO/c1-2-5-12(10-18)17(19)16-14-9-8-11-6-3-4-7-13(11)15(14)16/h3-4,6-7,12,14-17,19H,2,5,8-10,18H2,1H3. The van der Waals surface area contributed by atoms with Crippen LogP contribution in [-0.4, -0.2) is 17.8 Å². The van der Waals surface area contributed by atoms with Crippen molar-refractivity contribution in [2.45, 2.75) is 44.6 Å². The Balaban J connectivity index is 1.76. The third kappa shape index (κ3) is 2.21. The van der Waals surface area contributed by atoms with E-state index in [1.807, 2.05) is 0 Å². The number of rotatable bonds is 5. The second-order valence-corrected chi connectivity index (χ2v) is 6.28. The highest BCUT2D eigenvalue weighted by molar-refractivity contribution is 5.39. The van der Waals surface area contributed by atoms with Gasteiger partial charge in [-0.1, -0.05) is 37.6 Å². The van der Waals surface area contributed by atoms with Crippen molar-refractivity contribution in [2.24, 2.45) is 23.5 Å². The molecule has 2 aliphatic rings. The van der Waals surface area contributed by atoms with Crippen molar-refractivity contribution >= 4 is 0 Å². The lowest BCUT2D eigenvalue weighted by Crippen LogP contribution is -2.30. The van der Waals surface area contributed by atoms with Gasteiger partial charge in [0, 0.05) is 0 Å². The van der Waals surface area contributed by atoms with Gasteiger partial charge < -0.3 is 10.8 Å². The molecule has 0 amide bonds. The van der Waals surface area contributed by atoms with E-state index in [-0.39, 0.29) is 12.0 Å². The van der Waals surface area contributed by atoms with Crippen molar-refractivity contribution in [2.75, 3.05) is 6.54 Å². The fourth-order valence-electron chi connectivity index (χ4n) is 4.20. The lowest BCUT2D eigenvalue weighted by Gasteiger charge is -2.21. The van der Waals surface area contributed by atoms with Crippen LogP contribution in [0.2, 0.25) is 0 Å². The summed E-state index contributed by atoms with van der Waals surface area (Å²) in [6.45, 7) is 2.79. The molecule has 1 fully saturated rings. The number of nitrogens with two attached hydrogens (primary N) is 1. The molecule has 5 unspecified atom stereocenters. The zero-order valence-corrected chi connectivity index (χ0v) is 11.8. The van der Waals surface area contributed by atoms with Crippen molar-refractivity contribution in [1.82, 2.24) is 0 Å². The minimum atomic E-state index is -0.203. The highest BCUT2D eigenvalue weighted by atomic mass is 16.3. The summed E-state index contributed by atoms with van der Waals surface area (Å²) in [6.07, 6.45) is 4.38. The molecule has 1 saturated carbocycles. The highest BCUT2D eigenvalue weighted by Crippen LogP contribution is 2.62. The summed E-state index contributed by atoms with van der Waals surface area (Å²) in [5, 5.41) is 10.7. The number of aryl methyl sites for hydroxylation is 1. The van der Waals surface area contributed by atoms with E-state index in [9.17, 15) is 5.11 Å². The van der Waals surface area contributed by atoms with E-state index in [0.717, 1.165) is 12.8 Å². The maximum atomic E-state index is 10.7. The first kappa shape index (κ1) is 13.1. The van der Waals surface area contributed by atoms with Crippen molar-refractivity contribution in [1.29, 1.82) is 0 Å². The van der Waals surface area contributed by atoms with Gasteiger partial charge >= 0.3 is 0 Å². The topological polar surface area (TPSA) is 46.2 Å².